The molecule has 1 unspecified atom stereocenters. The molecule has 0 spiro atoms. The lowest BCUT2D eigenvalue weighted by Crippen LogP contribution is -2.32. The van der Waals surface area contributed by atoms with E-state index in [-0.39, 0.29) is 6.04 Å². The molecule has 1 aromatic rings. The summed E-state index contributed by atoms with van der Waals surface area (Å²) in [6.45, 7) is 0.447. The van der Waals surface area contributed by atoms with Gasteiger partial charge in [0.15, 0.2) is 6.61 Å². The monoisotopic (exact) mass is 267 g/mol. The molecule has 96 valence electrons. The van der Waals surface area contributed by atoms with Crippen LogP contribution in [0.5, 0.6) is 0 Å². The average molecular weight is 268 g/mol. The summed E-state index contributed by atoms with van der Waals surface area (Å²) in [7, 11) is 0. The van der Waals surface area contributed by atoms with Crippen molar-refractivity contribution in [3.8, 4) is 0 Å². The molecule has 0 aromatic heterocycles. The minimum Gasteiger partial charge on any atom is -0.292 e. The minimum absolute atomic E-state index is 0.210. The predicted molar refractivity (Wildman–Crippen MR) is 59.8 cm³/mol. The number of halogens is 4. The molecule has 0 saturated carbocycles. The number of hydroxylamine groups is 1. The predicted octanol–water partition coefficient (Wildman–Crippen LogP) is 3.35. The smallest absolute Gasteiger partial charge is 0.292 e. The van der Waals surface area contributed by atoms with Gasteiger partial charge >= 0.3 is 6.18 Å². The molecule has 1 aromatic carbocycles. The summed E-state index contributed by atoms with van der Waals surface area (Å²) >= 11 is 5.72. The molecular formula is C11H13ClF3NO. The summed E-state index contributed by atoms with van der Waals surface area (Å²) in [6.07, 6.45) is -3.75. The topological polar surface area (TPSA) is 21.3 Å². The summed E-state index contributed by atoms with van der Waals surface area (Å²) in [5.41, 5.74) is 3.33. The van der Waals surface area contributed by atoms with Crippen LogP contribution in [-0.2, 0) is 11.3 Å². The number of alkyl halides is 3. The lowest BCUT2D eigenvalue weighted by Gasteiger charge is -2.14. The summed E-state index contributed by atoms with van der Waals surface area (Å²) in [6, 6.07) is 6.91. The Kier molecular flexibility index (Phi) is 5.24. The van der Waals surface area contributed by atoms with Gasteiger partial charge in [0.05, 0.1) is 0 Å². The van der Waals surface area contributed by atoms with Crippen molar-refractivity contribution in [3.63, 3.8) is 0 Å². The van der Waals surface area contributed by atoms with Crippen molar-refractivity contribution in [1.29, 1.82) is 0 Å². The van der Waals surface area contributed by atoms with Crippen LogP contribution in [0.15, 0.2) is 24.3 Å². The average Bonchev–Trinajstić information content (AvgIpc) is 2.19. The maximum absolute atomic E-state index is 11.8. The van der Waals surface area contributed by atoms with Crippen LogP contribution in [0, 0.1) is 0 Å². The lowest BCUT2D eigenvalue weighted by atomic mass is 10.1. The molecule has 0 aliphatic rings. The van der Waals surface area contributed by atoms with E-state index in [1.807, 2.05) is 12.1 Å². The maximum atomic E-state index is 11.8. The van der Waals surface area contributed by atoms with Gasteiger partial charge < -0.3 is 0 Å². The first-order valence-electron chi connectivity index (χ1n) is 5.05. The van der Waals surface area contributed by atoms with Crippen LogP contribution < -0.4 is 5.48 Å². The molecule has 6 heteroatoms. The van der Waals surface area contributed by atoms with Gasteiger partial charge in [-0.3, -0.25) is 4.84 Å². The highest BCUT2D eigenvalue weighted by Crippen LogP contribution is 2.14. The van der Waals surface area contributed by atoms with Crippen molar-refractivity contribution in [2.24, 2.45) is 0 Å². The van der Waals surface area contributed by atoms with Crippen LogP contribution in [0.2, 0.25) is 5.02 Å². The molecular weight excluding hydrogens is 255 g/mol. The van der Waals surface area contributed by atoms with Crippen molar-refractivity contribution in [3.05, 3.63) is 34.9 Å². The van der Waals surface area contributed by atoms with Crippen molar-refractivity contribution >= 4 is 11.6 Å². The van der Waals surface area contributed by atoms with Gasteiger partial charge in [-0.25, -0.2) is 0 Å². The van der Waals surface area contributed by atoms with Gasteiger partial charge in [0, 0.05) is 11.1 Å². The Morgan fingerprint density at radius 1 is 1.29 bits per heavy atom. The largest absolute Gasteiger partial charge is 0.413 e. The number of nitrogens with one attached hydrogen (secondary N) is 1. The quantitative estimate of drug-likeness (QED) is 0.826. The Hall–Kier alpha value is -0.780. The van der Waals surface area contributed by atoms with Gasteiger partial charge in [0.1, 0.15) is 0 Å². The Morgan fingerprint density at radius 2 is 1.88 bits per heavy atom. The summed E-state index contributed by atoms with van der Waals surface area (Å²) in [5, 5.41) is 0.627. The number of hydrogen-bond acceptors (Lipinski definition) is 2. The first kappa shape index (κ1) is 14.3. The number of rotatable bonds is 5. The van der Waals surface area contributed by atoms with Gasteiger partial charge in [-0.15, -0.1) is 0 Å². The molecule has 1 atom stereocenters. The van der Waals surface area contributed by atoms with Gasteiger partial charge in [0.25, 0.3) is 0 Å². The van der Waals surface area contributed by atoms with E-state index >= 15 is 0 Å². The highest BCUT2D eigenvalue weighted by Gasteiger charge is 2.27. The van der Waals surface area contributed by atoms with Gasteiger partial charge in [-0.2, -0.15) is 18.7 Å². The summed E-state index contributed by atoms with van der Waals surface area (Å²) < 4.78 is 35.4. The molecule has 17 heavy (non-hydrogen) atoms. The zero-order chi connectivity index (χ0) is 12.9. The van der Waals surface area contributed by atoms with Crippen LogP contribution in [0.25, 0.3) is 0 Å². The van der Waals surface area contributed by atoms with Crippen LogP contribution in [0.1, 0.15) is 12.5 Å². The fourth-order valence-electron chi connectivity index (χ4n) is 1.28. The normalized spacial score (nSPS) is 13.7. The number of hydrogen-bond donors (Lipinski definition) is 1. The Morgan fingerprint density at radius 3 is 2.41 bits per heavy atom. The fourth-order valence-corrected chi connectivity index (χ4v) is 1.41. The fraction of sp³-hybridized carbons (Fsp3) is 0.455. The second kappa shape index (κ2) is 6.23. The van der Waals surface area contributed by atoms with E-state index < -0.39 is 12.8 Å². The van der Waals surface area contributed by atoms with Crippen molar-refractivity contribution in [2.75, 3.05) is 6.61 Å². The van der Waals surface area contributed by atoms with Crippen LogP contribution in [0.4, 0.5) is 13.2 Å². The first-order valence-corrected chi connectivity index (χ1v) is 5.43. The van der Waals surface area contributed by atoms with Crippen molar-refractivity contribution in [2.45, 2.75) is 25.6 Å². The minimum atomic E-state index is -4.31. The van der Waals surface area contributed by atoms with E-state index in [4.69, 9.17) is 11.6 Å². The van der Waals surface area contributed by atoms with Crippen molar-refractivity contribution < 1.29 is 18.0 Å². The molecule has 0 aliphatic heterocycles. The summed E-state index contributed by atoms with van der Waals surface area (Å²) in [5.74, 6) is 0. The molecule has 0 bridgehead atoms. The standard InChI is InChI=1S/C11H13ClF3NO/c1-8(16-17-7-11(13,14)15)6-9-2-4-10(12)5-3-9/h2-5,8,16H,6-7H2,1H3. The molecule has 0 aliphatic carbocycles. The number of benzene rings is 1. The maximum Gasteiger partial charge on any atom is 0.413 e. The molecule has 0 amide bonds. The van der Waals surface area contributed by atoms with E-state index in [0.717, 1.165) is 5.56 Å². The third-order valence-corrected chi connectivity index (χ3v) is 2.23. The highest BCUT2D eigenvalue weighted by molar-refractivity contribution is 6.30. The van der Waals surface area contributed by atoms with E-state index in [1.54, 1.807) is 19.1 Å². The highest BCUT2D eigenvalue weighted by atomic mass is 35.5. The molecule has 1 N–H and O–H groups in total. The second-order valence-corrected chi connectivity index (χ2v) is 4.19. The van der Waals surface area contributed by atoms with Gasteiger partial charge in [-0.1, -0.05) is 23.7 Å². The Bertz CT molecular complexity index is 340. The van der Waals surface area contributed by atoms with Crippen molar-refractivity contribution in [1.82, 2.24) is 5.48 Å². The third kappa shape index (κ3) is 6.51. The van der Waals surface area contributed by atoms with Crippen LogP contribution in [-0.4, -0.2) is 18.8 Å². The van der Waals surface area contributed by atoms with Crippen LogP contribution in [0.3, 0.4) is 0 Å². The Balaban J connectivity index is 2.30. The zero-order valence-electron chi connectivity index (χ0n) is 9.22. The van der Waals surface area contributed by atoms with Gasteiger partial charge in [-0.05, 0) is 31.0 Å². The molecule has 0 fully saturated rings. The van der Waals surface area contributed by atoms with Crippen LogP contribution >= 0.6 is 11.6 Å². The summed E-state index contributed by atoms with van der Waals surface area (Å²) in [4.78, 5) is 4.35. The first-order chi connectivity index (χ1) is 7.87. The molecule has 0 saturated heterocycles. The van der Waals surface area contributed by atoms with E-state index in [9.17, 15) is 13.2 Å². The third-order valence-electron chi connectivity index (χ3n) is 1.98. The molecule has 2 nitrogen and oxygen atoms in total. The van der Waals surface area contributed by atoms with E-state index in [1.165, 1.54) is 0 Å². The molecule has 0 heterocycles. The molecule has 1 rings (SSSR count). The lowest BCUT2D eigenvalue weighted by molar-refractivity contribution is -0.192. The van der Waals surface area contributed by atoms with E-state index in [2.05, 4.69) is 10.3 Å². The zero-order valence-corrected chi connectivity index (χ0v) is 9.98. The Labute approximate surface area is 103 Å². The SMILES string of the molecule is CC(Cc1ccc(Cl)cc1)NOCC(F)(F)F. The molecule has 0 radical (unpaired) electrons. The van der Waals surface area contributed by atoms with E-state index in [0.29, 0.717) is 11.4 Å². The van der Waals surface area contributed by atoms with Gasteiger partial charge in [0.2, 0.25) is 0 Å². The second-order valence-electron chi connectivity index (χ2n) is 3.75.